The fourth-order valence-electron chi connectivity index (χ4n) is 6.14. The summed E-state index contributed by atoms with van der Waals surface area (Å²) < 4.78 is 0. The molecule has 4 aliphatic rings. The molecule has 0 radical (unpaired) electrons. The predicted molar refractivity (Wildman–Crippen MR) is 72.7 cm³/mol. The van der Waals surface area contributed by atoms with Gasteiger partial charge in [0.1, 0.15) is 5.78 Å². The molecule has 2 aliphatic heterocycles. The van der Waals surface area contributed by atoms with Crippen LogP contribution in [0.2, 0.25) is 0 Å². The molecule has 0 aromatic rings. The number of hydrogen-bond acceptors (Lipinski definition) is 3. The molecule has 3 heteroatoms. The van der Waals surface area contributed by atoms with Gasteiger partial charge in [0, 0.05) is 23.3 Å². The fraction of sp³-hybridized carbons (Fsp3) is 0.938. The summed E-state index contributed by atoms with van der Waals surface area (Å²) in [7, 11) is 0. The Kier molecular flexibility index (Phi) is 2.63. The molecule has 4 rings (SSSR count). The number of rotatable bonds is 0. The zero-order valence-electron chi connectivity index (χ0n) is 11.8. The Balaban J connectivity index is 1.83. The summed E-state index contributed by atoms with van der Waals surface area (Å²) in [5.41, 5.74) is 0.173. The highest BCUT2D eigenvalue weighted by molar-refractivity contribution is 5.85. The summed E-state index contributed by atoms with van der Waals surface area (Å²) in [5, 5.41) is 10.6. The second kappa shape index (κ2) is 4.05. The third-order valence-electron chi connectivity index (χ3n) is 6.69. The molecule has 6 unspecified atom stereocenters. The lowest BCUT2D eigenvalue weighted by atomic mass is 9.48. The number of piperidine rings is 2. The minimum atomic E-state index is -0.237. The minimum absolute atomic E-state index is 0.149. The van der Waals surface area contributed by atoms with E-state index in [9.17, 15) is 9.90 Å². The Bertz CT molecular complexity index is 408. The van der Waals surface area contributed by atoms with E-state index in [0.717, 1.165) is 12.8 Å². The molecule has 106 valence electrons. The van der Waals surface area contributed by atoms with Crippen LogP contribution in [0.3, 0.4) is 0 Å². The number of ketones is 1. The molecule has 2 saturated heterocycles. The molecule has 0 aromatic heterocycles. The number of nitrogens with zero attached hydrogens (tertiary/aromatic N) is 1. The normalized spacial score (nSPS) is 53.8. The summed E-state index contributed by atoms with van der Waals surface area (Å²) in [5.74, 6) is 1.77. The molecule has 1 spiro atoms. The molecular formula is C16H25NO2. The number of aliphatic hydroxyl groups is 1. The van der Waals surface area contributed by atoms with Crippen LogP contribution in [0, 0.1) is 23.7 Å². The van der Waals surface area contributed by atoms with Gasteiger partial charge in [-0.15, -0.1) is 0 Å². The lowest BCUT2D eigenvalue weighted by Crippen LogP contribution is -2.73. The zero-order chi connectivity index (χ0) is 13.2. The second-order valence-electron chi connectivity index (χ2n) is 7.39. The summed E-state index contributed by atoms with van der Waals surface area (Å²) >= 11 is 0. The summed E-state index contributed by atoms with van der Waals surface area (Å²) in [6.07, 6.45) is 6.36. The van der Waals surface area contributed by atoms with Gasteiger partial charge in [0.2, 0.25) is 0 Å². The number of hydrogen-bond donors (Lipinski definition) is 1. The van der Waals surface area contributed by atoms with E-state index in [1.54, 1.807) is 0 Å². The van der Waals surface area contributed by atoms with E-state index in [4.69, 9.17) is 0 Å². The van der Waals surface area contributed by atoms with Gasteiger partial charge in [-0.2, -0.15) is 0 Å². The maximum Gasteiger partial charge on any atom is 0.139 e. The Morgan fingerprint density at radius 3 is 2.63 bits per heavy atom. The van der Waals surface area contributed by atoms with Gasteiger partial charge >= 0.3 is 0 Å². The molecule has 6 atom stereocenters. The zero-order valence-corrected chi connectivity index (χ0v) is 11.8. The molecule has 19 heavy (non-hydrogen) atoms. The largest absolute Gasteiger partial charge is 0.393 e. The molecule has 2 aliphatic carbocycles. The maximum absolute atomic E-state index is 12.5. The average Bonchev–Trinajstić information content (AvgIpc) is 2.40. The van der Waals surface area contributed by atoms with Gasteiger partial charge in [-0.3, -0.25) is 9.69 Å². The first-order valence-corrected chi connectivity index (χ1v) is 8.11. The highest BCUT2D eigenvalue weighted by atomic mass is 16.3. The van der Waals surface area contributed by atoms with Gasteiger partial charge in [0.15, 0.2) is 0 Å². The Morgan fingerprint density at radius 1 is 1.21 bits per heavy atom. The van der Waals surface area contributed by atoms with Gasteiger partial charge in [-0.25, -0.2) is 0 Å². The van der Waals surface area contributed by atoms with Crippen LogP contribution >= 0.6 is 0 Å². The summed E-state index contributed by atoms with van der Waals surface area (Å²) in [4.78, 5) is 15.2. The molecule has 0 aromatic carbocycles. The van der Waals surface area contributed by atoms with Crippen molar-refractivity contribution in [2.24, 2.45) is 23.7 Å². The molecule has 0 amide bonds. The van der Waals surface area contributed by atoms with Crippen molar-refractivity contribution in [1.29, 1.82) is 0 Å². The van der Waals surface area contributed by atoms with Crippen molar-refractivity contribution in [3.8, 4) is 0 Å². The van der Waals surface area contributed by atoms with E-state index in [1.807, 2.05) is 0 Å². The first-order chi connectivity index (χ1) is 9.14. The van der Waals surface area contributed by atoms with Crippen LogP contribution in [-0.2, 0) is 4.79 Å². The number of carbonyl (C=O) groups excluding carboxylic acids is 1. The second-order valence-corrected chi connectivity index (χ2v) is 7.39. The van der Waals surface area contributed by atoms with E-state index >= 15 is 0 Å². The predicted octanol–water partition coefficient (Wildman–Crippen LogP) is 1.84. The molecule has 1 N–H and O–H groups in total. The van der Waals surface area contributed by atoms with Gasteiger partial charge in [0.25, 0.3) is 0 Å². The monoisotopic (exact) mass is 263 g/mol. The van der Waals surface area contributed by atoms with Gasteiger partial charge in [0.05, 0.1) is 6.10 Å². The van der Waals surface area contributed by atoms with Crippen LogP contribution in [0.25, 0.3) is 0 Å². The number of carbonyl (C=O) groups is 1. The van der Waals surface area contributed by atoms with Gasteiger partial charge in [-0.05, 0) is 57.5 Å². The molecule has 4 fully saturated rings. The Morgan fingerprint density at radius 2 is 1.89 bits per heavy atom. The molecular weight excluding hydrogens is 238 g/mol. The van der Waals surface area contributed by atoms with Crippen LogP contribution in [-0.4, -0.2) is 40.5 Å². The molecule has 2 saturated carbocycles. The molecule has 3 nitrogen and oxygen atoms in total. The first kappa shape index (κ1) is 12.3. The Hall–Kier alpha value is -0.410. The number of Topliss-reactive ketones (excluding diaryl/α,β-unsaturated/α-hetero) is 1. The third-order valence-corrected chi connectivity index (χ3v) is 6.69. The highest BCUT2D eigenvalue weighted by Crippen LogP contribution is 2.59. The summed E-state index contributed by atoms with van der Waals surface area (Å²) in [6.45, 7) is 4.50. The quantitative estimate of drug-likeness (QED) is 0.725. The van der Waals surface area contributed by atoms with Crippen LogP contribution < -0.4 is 0 Å². The smallest absolute Gasteiger partial charge is 0.139 e. The van der Waals surface area contributed by atoms with Crippen LogP contribution in [0.1, 0.15) is 45.4 Å². The SMILES string of the molecule is CC1CC23C4CCCN2CCCC3C(CC4O)C1=O. The van der Waals surface area contributed by atoms with Gasteiger partial charge in [-0.1, -0.05) is 6.92 Å². The van der Waals surface area contributed by atoms with E-state index in [0.29, 0.717) is 17.6 Å². The summed E-state index contributed by atoms with van der Waals surface area (Å²) in [6, 6.07) is 0. The fourth-order valence-corrected chi connectivity index (χ4v) is 6.14. The van der Waals surface area contributed by atoms with Gasteiger partial charge < -0.3 is 5.11 Å². The third kappa shape index (κ3) is 1.43. The van der Waals surface area contributed by atoms with Crippen LogP contribution in [0.15, 0.2) is 0 Å². The van der Waals surface area contributed by atoms with Crippen molar-refractivity contribution in [2.75, 3.05) is 13.1 Å². The van der Waals surface area contributed by atoms with E-state index in [2.05, 4.69) is 11.8 Å². The van der Waals surface area contributed by atoms with Crippen molar-refractivity contribution in [2.45, 2.75) is 57.1 Å². The standard InChI is InChI=1S/C16H25NO2/c1-10-9-16-12-4-2-6-17(16)7-3-5-13(16)14(18)8-11(12)15(10)19/h10-14,18H,2-9H2,1H3. The van der Waals surface area contributed by atoms with Crippen LogP contribution in [0.5, 0.6) is 0 Å². The molecule has 2 bridgehead atoms. The average molecular weight is 263 g/mol. The van der Waals surface area contributed by atoms with E-state index in [1.165, 1.54) is 38.8 Å². The molecule has 2 heterocycles. The van der Waals surface area contributed by atoms with E-state index in [-0.39, 0.29) is 23.5 Å². The van der Waals surface area contributed by atoms with Crippen molar-refractivity contribution in [3.05, 3.63) is 0 Å². The van der Waals surface area contributed by atoms with Crippen molar-refractivity contribution >= 4 is 5.78 Å². The topological polar surface area (TPSA) is 40.5 Å². The first-order valence-electron chi connectivity index (χ1n) is 8.11. The minimum Gasteiger partial charge on any atom is -0.393 e. The highest BCUT2D eigenvalue weighted by Gasteiger charge is 2.64. The Labute approximate surface area is 115 Å². The van der Waals surface area contributed by atoms with Crippen molar-refractivity contribution in [1.82, 2.24) is 4.90 Å². The van der Waals surface area contributed by atoms with E-state index < -0.39 is 0 Å². The van der Waals surface area contributed by atoms with Crippen molar-refractivity contribution in [3.63, 3.8) is 0 Å². The van der Waals surface area contributed by atoms with Crippen molar-refractivity contribution < 1.29 is 9.90 Å². The number of aliphatic hydroxyl groups excluding tert-OH is 1. The lowest BCUT2D eigenvalue weighted by Gasteiger charge is -2.67. The lowest BCUT2D eigenvalue weighted by molar-refractivity contribution is -0.196. The van der Waals surface area contributed by atoms with Crippen LogP contribution in [0.4, 0.5) is 0 Å². The maximum atomic E-state index is 12.5.